The molecule has 0 bridgehead atoms. The average molecular weight is 659 g/mol. The van der Waals surface area contributed by atoms with Crippen LogP contribution in [0.25, 0.3) is 0 Å². The van der Waals surface area contributed by atoms with Crippen molar-refractivity contribution < 1.29 is 33.5 Å². The number of amides is 4. The van der Waals surface area contributed by atoms with Crippen LogP contribution in [0.5, 0.6) is 5.75 Å². The summed E-state index contributed by atoms with van der Waals surface area (Å²) in [5.74, 6) is 0.411. The third-order valence-corrected chi connectivity index (χ3v) is 8.46. The quantitative estimate of drug-likeness (QED) is 0.335. The molecular formula is C34H54N6O7. The Hall–Kier alpha value is -3.68. The van der Waals surface area contributed by atoms with E-state index in [9.17, 15) is 19.5 Å². The van der Waals surface area contributed by atoms with E-state index >= 15 is 0 Å². The zero-order valence-corrected chi connectivity index (χ0v) is 29.3. The van der Waals surface area contributed by atoms with Gasteiger partial charge in [0.1, 0.15) is 17.1 Å². The number of aliphatic hydroxyl groups excluding tert-OH is 1. The highest BCUT2D eigenvalue weighted by molar-refractivity contribution is 6.03. The number of anilines is 2. The Kier molecular flexibility index (Phi) is 14.5. The summed E-state index contributed by atoms with van der Waals surface area (Å²) in [5, 5.41) is 19.6. The van der Waals surface area contributed by atoms with Crippen LogP contribution < -0.4 is 15.4 Å². The van der Waals surface area contributed by atoms with E-state index in [0.717, 1.165) is 32.2 Å². The number of ether oxygens (including phenoxy) is 2. The Balaban J connectivity index is 1.88. The first-order valence-electron chi connectivity index (χ1n) is 16.5. The van der Waals surface area contributed by atoms with Gasteiger partial charge in [0, 0.05) is 44.8 Å². The van der Waals surface area contributed by atoms with Gasteiger partial charge in [-0.3, -0.25) is 9.59 Å². The maximum atomic E-state index is 14.3. The molecule has 2 aromatic rings. The van der Waals surface area contributed by atoms with E-state index < -0.39 is 12.1 Å². The van der Waals surface area contributed by atoms with Gasteiger partial charge < -0.3 is 44.4 Å². The van der Waals surface area contributed by atoms with Crippen LogP contribution in [0.1, 0.15) is 74.7 Å². The predicted octanol–water partition coefficient (Wildman–Crippen LogP) is 4.53. The van der Waals surface area contributed by atoms with E-state index in [0.29, 0.717) is 48.2 Å². The number of likely N-dealkylation sites (N-methyl/N-ethyl adjacent to an activating group) is 1. The molecule has 0 unspecified atom stereocenters. The third-order valence-electron chi connectivity index (χ3n) is 8.46. The molecule has 0 fully saturated rings. The SMILES string of the molecule is Cc1noc(C)c1NC(=O)Nc1ccc2c(c1)C(=O)N([C@@H](C)CO)C[C@H](C)[C@@H](CN(C)C(=O)CCCN(C)C)OCCCC[C@@H](C)O2. The molecule has 13 heteroatoms. The molecule has 262 valence electrons. The Morgan fingerprint density at radius 2 is 1.89 bits per heavy atom. The molecule has 0 saturated carbocycles. The van der Waals surface area contributed by atoms with E-state index in [-0.39, 0.29) is 48.7 Å². The molecule has 1 aliphatic heterocycles. The predicted molar refractivity (Wildman–Crippen MR) is 181 cm³/mol. The topological polar surface area (TPSA) is 150 Å². The van der Waals surface area contributed by atoms with Crippen LogP contribution in [0.15, 0.2) is 22.7 Å². The average Bonchev–Trinajstić information content (AvgIpc) is 3.34. The van der Waals surface area contributed by atoms with Gasteiger partial charge >= 0.3 is 6.03 Å². The number of rotatable bonds is 10. The fourth-order valence-electron chi connectivity index (χ4n) is 5.51. The lowest BCUT2D eigenvalue weighted by atomic mass is 10.0. The van der Waals surface area contributed by atoms with Crippen molar-refractivity contribution in [3.05, 3.63) is 35.2 Å². The lowest BCUT2D eigenvalue weighted by Crippen LogP contribution is -2.48. The number of hydrogen-bond donors (Lipinski definition) is 3. The maximum Gasteiger partial charge on any atom is 0.323 e. The second kappa shape index (κ2) is 18.0. The Bertz CT molecular complexity index is 1310. The molecule has 2 heterocycles. The number of hydrogen-bond acceptors (Lipinski definition) is 9. The normalized spacial score (nSPS) is 20.2. The van der Waals surface area contributed by atoms with Crippen molar-refractivity contribution in [2.24, 2.45) is 5.92 Å². The molecule has 13 nitrogen and oxygen atoms in total. The molecule has 0 saturated heterocycles. The molecule has 0 aliphatic carbocycles. The minimum atomic E-state index is -0.520. The van der Waals surface area contributed by atoms with Crippen LogP contribution in [-0.4, -0.2) is 115 Å². The van der Waals surface area contributed by atoms with Crippen molar-refractivity contribution in [3.63, 3.8) is 0 Å². The molecule has 3 N–H and O–H groups in total. The Morgan fingerprint density at radius 1 is 1.15 bits per heavy atom. The first-order chi connectivity index (χ1) is 22.3. The van der Waals surface area contributed by atoms with Crippen LogP contribution in [0.2, 0.25) is 0 Å². The van der Waals surface area contributed by atoms with Gasteiger partial charge in [-0.1, -0.05) is 12.1 Å². The number of fused-ring (bicyclic) bond motifs is 1. The maximum absolute atomic E-state index is 14.3. The van der Waals surface area contributed by atoms with Crippen molar-refractivity contribution in [2.45, 2.75) is 85.0 Å². The standard InChI is InChI=1S/C34H54N6O7/c1-22-19-40(23(2)21-41)33(43)28-18-27(35-34(44)36-32-25(4)37-47-26(32)5)14-15-29(28)46-24(3)12-9-10-17-45-30(22)20-39(8)31(42)13-11-16-38(6)7/h14-15,18,22-24,30,41H,9-13,16-17,19-21H2,1-8H3,(H2,35,36,44)/t22-,23-,24+,30+/m0/s1. The lowest BCUT2D eigenvalue weighted by Gasteiger charge is -2.36. The van der Waals surface area contributed by atoms with Crippen LogP contribution in [-0.2, 0) is 9.53 Å². The molecule has 4 amide bonds. The van der Waals surface area contributed by atoms with Gasteiger partial charge in [-0.2, -0.15) is 0 Å². The molecule has 0 radical (unpaired) electrons. The number of carbonyl (C=O) groups excluding carboxylic acids is 3. The summed E-state index contributed by atoms with van der Waals surface area (Å²) < 4.78 is 17.8. The van der Waals surface area contributed by atoms with Gasteiger partial charge in [-0.05, 0) is 92.2 Å². The summed E-state index contributed by atoms with van der Waals surface area (Å²) in [7, 11) is 5.77. The second-order valence-electron chi connectivity index (χ2n) is 13.0. The Labute approximate surface area is 278 Å². The van der Waals surface area contributed by atoms with Crippen molar-refractivity contribution in [2.75, 3.05) is 64.6 Å². The van der Waals surface area contributed by atoms with Gasteiger partial charge in [0.25, 0.3) is 5.91 Å². The van der Waals surface area contributed by atoms with Gasteiger partial charge in [0.05, 0.1) is 30.4 Å². The number of aryl methyl sites for hydroxylation is 2. The molecule has 0 spiro atoms. The summed E-state index contributed by atoms with van der Waals surface area (Å²) in [6.45, 7) is 10.9. The van der Waals surface area contributed by atoms with Gasteiger partial charge in [-0.25, -0.2) is 4.79 Å². The molecule has 47 heavy (non-hydrogen) atoms. The number of aromatic nitrogens is 1. The zero-order chi connectivity index (χ0) is 34.7. The van der Waals surface area contributed by atoms with Crippen molar-refractivity contribution in [1.82, 2.24) is 19.9 Å². The highest BCUT2D eigenvalue weighted by atomic mass is 16.5. The third kappa shape index (κ3) is 11.2. The fraction of sp³-hybridized carbons (Fsp3) is 0.647. The highest BCUT2D eigenvalue weighted by Gasteiger charge is 2.31. The lowest BCUT2D eigenvalue weighted by molar-refractivity contribution is -0.132. The second-order valence-corrected chi connectivity index (χ2v) is 13.0. The number of carbonyl (C=O) groups is 3. The summed E-state index contributed by atoms with van der Waals surface area (Å²) in [6.07, 6.45) is 3.14. The summed E-state index contributed by atoms with van der Waals surface area (Å²) in [4.78, 5) is 45.6. The van der Waals surface area contributed by atoms with E-state index in [1.165, 1.54) is 0 Å². The monoisotopic (exact) mass is 658 g/mol. The molecule has 3 rings (SSSR count). The molecule has 1 aromatic carbocycles. The molecular weight excluding hydrogens is 604 g/mol. The largest absolute Gasteiger partial charge is 0.490 e. The number of nitrogens with one attached hydrogen (secondary N) is 2. The van der Waals surface area contributed by atoms with E-state index in [1.54, 1.807) is 55.8 Å². The Morgan fingerprint density at radius 3 is 2.55 bits per heavy atom. The summed E-state index contributed by atoms with van der Waals surface area (Å²) in [5.41, 5.74) is 1.68. The number of aliphatic hydroxyl groups is 1. The van der Waals surface area contributed by atoms with Crippen LogP contribution in [0, 0.1) is 19.8 Å². The first kappa shape index (κ1) is 37.8. The van der Waals surface area contributed by atoms with E-state index in [4.69, 9.17) is 14.0 Å². The van der Waals surface area contributed by atoms with E-state index in [2.05, 4.69) is 20.7 Å². The molecule has 4 atom stereocenters. The number of benzene rings is 1. The number of urea groups is 1. The first-order valence-corrected chi connectivity index (χ1v) is 16.5. The zero-order valence-electron chi connectivity index (χ0n) is 29.3. The van der Waals surface area contributed by atoms with Crippen LogP contribution in [0.3, 0.4) is 0 Å². The highest BCUT2D eigenvalue weighted by Crippen LogP contribution is 2.29. The van der Waals surface area contributed by atoms with Crippen LogP contribution in [0.4, 0.5) is 16.2 Å². The van der Waals surface area contributed by atoms with Gasteiger partial charge in [0.2, 0.25) is 5.91 Å². The summed E-state index contributed by atoms with van der Waals surface area (Å²) in [6, 6.07) is 3.94. The van der Waals surface area contributed by atoms with E-state index in [1.807, 2.05) is 27.9 Å². The smallest absolute Gasteiger partial charge is 0.323 e. The molecule has 1 aromatic heterocycles. The van der Waals surface area contributed by atoms with Crippen molar-refractivity contribution in [1.29, 1.82) is 0 Å². The van der Waals surface area contributed by atoms with Crippen LogP contribution >= 0.6 is 0 Å². The molecule has 1 aliphatic rings. The van der Waals surface area contributed by atoms with Gasteiger partial charge in [-0.15, -0.1) is 0 Å². The number of nitrogens with zero attached hydrogens (tertiary/aromatic N) is 4. The fourth-order valence-corrected chi connectivity index (χ4v) is 5.51. The summed E-state index contributed by atoms with van der Waals surface area (Å²) >= 11 is 0. The van der Waals surface area contributed by atoms with Gasteiger partial charge in [0.15, 0.2) is 5.76 Å². The van der Waals surface area contributed by atoms with Crippen molar-refractivity contribution >= 4 is 29.2 Å². The van der Waals surface area contributed by atoms with Crippen molar-refractivity contribution in [3.8, 4) is 5.75 Å². The minimum absolute atomic E-state index is 0.0528. The minimum Gasteiger partial charge on any atom is -0.490 e.